The van der Waals surface area contributed by atoms with Gasteiger partial charge >= 0.3 is 0 Å². The van der Waals surface area contributed by atoms with Crippen LogP contribution in [0.25, 0.3) is 27.5 Å². The molecule has 0 radical (unpaired) electrons. The highest BCUT2D eigenvalue weighted by atomic mass is 35.5. The molecule has 0 fully saturated rings. The summed E-state index contributed by atoms with van der Waals surface area (Å²) in [5, 5.41) is 14.4. The van der Waals surface area contributed by atoms with E-state index in [4.69, 9.17) is 21.1 Å². The third kappa shape index (κ3) is 3.94. The van der Waals surface area contributed by atoms with E-state index < -0.39 is 0 Å². The molecule has 7 nitrogen and oxygen atoms in total. The number of hydrogen-bond acceptors (Lipinski definition) is 5. The van der Waals surface area contributed by atoms with E-state index in [0.717, 1.165) is 10.8 Å². The number of carbonyl (C=O) groups excluding carboxylic acids is 1. The zero-order valence-electron chi connectivity index (χ0n) is 17.9. The fourth-order valence-corrected chi connectivity index (χ4v) is 3.90. The van der Waals surface area contributed by atoms with Gasteiger partial charge < -0.3 is 14.8 Å². The molecule has 0 aliphatic carbocycles. The molecule has 0 saturated heterocycles. The lowest BCUT2D eigenvalue weighted by molar-refractivity contribution is 0.102. The highest BCUT2D eigenvalue weighted by Gasteiger charge is 2.15. The van der Waals surface area contributed by atoms with Gasteiger partial charge in [-0.25, -0.2) is 0 Å². The maximum Gasteiger partial charge on any atom is 0.259 e. The zero-order valence-corrected chi connectivity index (χ0v) is 18.6. The predicted octanol–water partition coefficient (Wildman–Crippen LogP) is 5.50. The molecule has 33 heavy (non-hydrogen) atoms. The monoisotopic (exact) mass is 458 g/mol. The fourth-order valence-electron chi connectivity index (χ4n) is 3.65. The standard InChI is InChI=1S/C25H19ClN4O3/c1-32-23-10-8-18(14-20(23)26)30-28-21-9-7-17(13-22(21)29-30)27-25(31)19-11-15-5-3-4-6-16(15)12-24(19)33-2/h3-14H,1-2H3,(H,27,31). The molecule has 0 bridgehead atoms. The maximum atomic E-state index is 13.0. The van der Waals surface area contributed by atoms with Crippen molar-refractivity contribution < 1.29 is 14.3 Å². The van der Waals surface area contributed by atoms with Gasteiger partial charge in [-0.05, 0) is 59.3 Å². The molecule has 0 spiro atoms. The van der Waals surface area contributed by atoms with Gasteiger partial charge in [0.25, 0.3) is 5.91 Å². The second-order valence-corrected chi connectivity index (χ2v) is 7.77. The number of hydrogen-bond donors (Lipinski definition) is 1. The molecule has 0 unspecified atom stereocenters. The van der Waals surface area contributed by atoms with Crippen molar-refractivity contribution in [3.8, 4) is 17.2 Å². The first-order valence-corrected chi connectivity index (χ1v) is 10.5. The van der Waals surface area contributed by atoms with E-state index in [2.05, 4.69) is 15.5 Å². The quantitative estimate of drug-likeness (QED) is 0.376. The number of benzene rings is 4. The largest absolute Gasteiger partial charge is 0.496 e. The van der Waals surface area contributed by atoms with Crippen molar-refractivity contribution in [1.29, 1.82) is 0 Å². The maximum absolute atomic E-state index is 13.0. The minimum atomic E-state index is -0.272. The molecule has 0 atom stereocenters. The van der Waals surface area contributed by atoms with Crippen LogP contribution in [0.4, 0.5) is 5.69 Å². The predicted molar refractivity (Wildman–Crippen MR) is 129 cm³/mol. The van der Waals surface area contributed by atoms with E-state index in [-0.39, 0.29) is 5.91 Å². The summed E-state index contributed by atoms with van der Waals surface area (Å²) >= 11 is 6.23. The Morgan fingerprint density at radius 2 is 1.58 bits per heavy atom. The zero-order chi connectivity index (χ0) is 22.9. The van der Waals surface area contributed by atoms with Gasteiger partial charge in [0.05, 0.1) is 30.5 Å². The average molecular weight is 459 g/mol. The van der Waals surface area contributed by atoms with E-state index in [1.807, 2.05) is 42.5 Å². The van der Waals surface area contributed by atoms with Gasteiger partial charge in [-0.15, -0.1) is 10.2 Å². The van der Waals surface area contributed by atoms with E-state index >= 15 is 0 Å². The van der Waals surface area contributed by atoms with Crippen molar-refractivity contribution in [1.82, 2.24) is 15.0 Å². The second-order valence-electron chi connectivity index (χ2n) is 7.37. The van der Waals surface area contributed by atoms with Gasteiger partial charge in [0.1, 0.15) is 22.5 Å². The van der Waals surface area contributed by atoms with Crippen LogP contribution in [0.2, 0.25) is 5.02 Å². The minimum absolute atomic E-state index is 0.272. The van der Waals surface area contributed by atoms with Crippen molar-refractivity contribution in [3.05, 3.63) is 83.4 Å². The van der Waals surface area contributed by atoms with Crippen LogP contribution in [0.1, 0.15) is 10.4 Å². The Kier molecular flexibility index (Phi) is 5.32. The number of nitrogens with zero attached hydrogens (tertiary/aromatic N) is 3. The van der Waals surface area contributed by atoms with Gasteiger partial charge in [0.2, 0.25) is 0 Å². The summed E-state index contributed by atoms with van der Waals surface area (Å²) in [5.74, 6) is 0.812. The lowest BCUT2D eigenvalue weighted by Crippen LogP contribution is -2.13. The van der Waals surface area contributed by atoms with Crippen LogP contribution >= 0.6 is 11.6 Å². The summed E-state index contributed by atoms with van der Waals surface area (Å²) in [6.07, 6.45) is 0. The van der Waals surface area contributed by atoms with E-state index in [1.165, 1.54) is 4.80 Å². The number of anilines is 1. The number of aromatic nitrogens is 3. The number of rotatable bonds is 5. The lowest BCUT2D eigenvalue weighted by Gasteiger charge is -2.11. The highest BCUT2D eigenvalue weighted by molar-refractivity contribution is 6.32. The Hall–Kier alpha value is -4.10. The molecule has 0 aliphatic heterocycles. The van der Waals surface area contributed by atoms with Gasteiger partial charge in [0.15, 0.2) is 0 Å². The Labute approximate surface area is 194 Å². The van der Waals surface area contributed by atoms with Crippen molar-refractivity contribution in [3.63, 3.8) is 0 Å². The summed E-state index contributed by atoms with van der Waals surface area (Å²) in [7, 11) is 3.11. The van der Waals surface area contributed by atoms with Crippen LogP contribution in [0.5, 0.6) is 11.5 Å². The summed E-state index contributed by atoms with van der Waals surface area (Å²) in [6.45, 7) is 0. The van der Waals surface area contributed by atoms with Crippen LogP contribution in [-0.2, 0) is 0 Å². The summed E-state index contributed by atoms with van der Waals surface area (Å²) in [6, 6.07) is 22.2. The van der Waals surface area contributed by atoms with Crippen molar-refractivity contribution in [2.24, 2.45) is 0 Å². The van der Waals surface area contributed by atoms with Crippen molar-refractivity contribution in [2.45, 2.75) is 0 Å². The lowest BCUT2D eigenvalue weighted by atomic mass is 10.1. The van der Waals surface area contributed by atoms with Crippen LogP contribution in [-0.4, -0.2) is 35.1 Å². The molecule has 164 valence electrons. The fraction of sp³-hybridized carbons (Fsp3) is 0.0800. The van der Waals surface area contributed by atoms with Crippen LogP contribution in [0.3, 0.4) is 0 Å². The molecule has 5 aromatic rings. The van der Waals surface area contributed by atoms with E-state index in [1.54, 1.807) is 44.6 Å². The molecule has 1 amide bonds. The van der Waals surface area contributed by atoms with Gasteiger partial charge in [-0.3, -0.25) is 4.79 Å². The van der Waals surface area contributed by atoms with Crippen LogP contribution in [0, 0.1) is 0 Å². The normalized spacial score (nSPS) is 11.0. The number of methoxy groups -OCH3 is 2. The number of fused-ring (bicyclic) bond motifs is 2. The Morgan fingerprint density at radius 3 is 2.30 bits per heavy atom. The molecule has 1 N–H and O–H groups in total. The summed E-state index contributed by atoms with van der Waals surface area (Å²) in [4.78, 5) is 14.5. The first kappa shape index (κ1) is 20.8. The van der Waals surface area contributed by atoms with Gasteiger partial charge in [-0.2, -0.15) is 4.80 Å². The SMILES string of the molecule is COc1ccc(-n2nc3ccc(NC(=O)c4cc5ccccc5cc4OC)cc3n2)cc1Cl. The van der Waals surface area contributed by atoms with Crippen LogP contribution < -0.4 is 14.8 Å². The topological polar surface area (TPSA) is 78.3 Å². The molecule has 0 aliphatic rings. The third-order valence-electron chi connectivity index (χ3n) is 5.32. The van der Waals surface area contributed by atoms with Gasteiger partial charge in [-0.1, -0.05) is 35.9 Å². The Morgan fingerprint density at radius 1 is 0.848 bits per heavy atom. The first-order chi connectivity index (χ1) is 16.1. The van der Waals surface area contributed by atoms with Crippen LogP contribution in [0.15, 0.2) is 72.8 Å². The molecule has 0 saturated carbocycles. The summed E-state index contributed by atoms with van der Waals surface area (Å²) < 4.78 is 10.6. The number of halogens is 1. The molecular weight excluding hydrogens is 440 g/mol. The average Bonchev–Trinajstić information content (AvgIpc) is 3.26. The summed E-state index contributed by atoms with van der Waals surface area (Å²) in [5.41, 5.74) is 3.06. The third-order valence-corrected chi connectivity index (χ3v) is 5.61. The molecule has 5 rings (SSSR count). The van der Waals surface area contributed by atoms with E-state index in [9.17, 15) is 4.79 Å². The number of carbonyl (C=O) groups is 1. The number of nitrogens with one attached hydrogen (secondary N) is 1. The molecule has 1 heterocycles. The molecule has 1 aromatic heterocycles. The first-order valence-electron chi connectivity index (χ1n) is 10.1. The molecule has 4 aromatic carbocycles. The molecule has 8 heteroatoms. The number of ether oxygens (including phenoxy) is 2. The molecular formula is C25H19ClN4O3. The van der Waals surface area contributed by atoms with Gasteiger partial charge in [0, 0.05) is 5.69 Å². The smallest absolute Gasteiger partial charge is 0.259 e. The number of amides is 1. The second kappa shape index (κ2) is 8.44. The Balaban J connectivity index is 1.44. The van der Waals surface area contributed by atoms with Crippen molar-refractivity contribution in [2.75, 3.05) is 19.5 Å². The van der Waals surface area contributed by atoms with Crippen molar-refractivity contribution >= 4 is 45.0 Å². The highest BCUT2D eigenvalue weighted by Crippen LogP contribution is 2.28. The Bertz CT molecular complexity index is 1510. The van der Waals surface area contributed by atoms with E-state index in [0.29, 0.717) is 44.5 Å². The minimum Gasteiger partial charge on any atom is -0.496 e.